The van der Waals surface area contributed by atoms with Crippen LogP contribution in [0, 0.1) is 132 Å². The average molecular weight is 1530 g/mol. The van der Waals surface area contributed by atoms with Crippen molar-refractivity contribution in [3.05, 3.63) is 309 Å². The summed E-state index contributed by atoms with van der Waals surface area (Å²) < 4.78 is 8.51. The number of halogens is 1. The third-order valence-electron chi connectivity index (χ3n) is 15.5. The van der Waals surface area contributed by atoms with E-state index in [1.54, 1.807) is 60.7 Å². The van der Waals surface area contributed by atoms with Crippen molar-refractivity contribution < 1.29 is 34.6 Å². The molecule has 3 aromatic rings. The van der Waals surface area contributed by atoms with E-state index in [1.807, 2.05) is 6.07 Å². The average Bonchev–Trinajstić information content (AvgIpc) is 1.67. The van der Waals surface area contributed by atoms with E-state index < -0.39 is 19.7 Å². The minimum Gasteiger partial charge on any atom is -0.522 e. The quantitative estimate of drug-likeness (QED) is 0.0123. The van der Waals surface area contributed by atoms with Crippen molar-refractivity contribution in [2.45, 2.75) is 116 Å². The van der Waals surface area contributed by atoms with Gasteiger partial charge in [0, 0.05) is 117 Å². The molecule has 546 valence electrons. The van der Waals surface area contributed by atoms with Crippen molar-refractivity contribution in [3.63, 3.8) is 0 Å². The number of nitrogen functional groups attached to an aromatic ring is 2. The number of aromatic nitrogens is 4. The zero-order valence-electron chi connectivity index (χ0n) is 56.1. The number of anilines is 2. The van der Waals surface area contributed by atoms with Gasteiger partial charge in [-0.1, -0.05) is 82.1 Å². The Morgan fingerprint density at radius 3 is 1.19 bits per heavy atom. The van der Waals surface area contributed by atoms with Crippen LogP contribution in [-0.4, -0.2) is 58.3 Å². The van der Waals surface area contributed by atoms with Gasteiger partial charge in [-0.05, 0) is 74.4 Å². The second-order valence-electron chi connectivity index (χ2n) is 22.5. The maximum atomic E-state index is 10.7. The Bertz CT molecular complexity index is 4740. The number of nitrogens with two attached hydrogens (primary N) is 5. The summed E-state index contributed by atoms with van der Waals surface area (Å²) in [5.74, 6) is 0.142. The van der Waals surface area contributed by atoms with Gasteiger partial charge in [-0.3, -0.25) is 60.7 Å². The van der Waals surface area contributed by atoms with Gasteiger partial charge in [0.05, 0.1) is 90.8 Å². The van der Waals surface area contributed by atoms with Crippen LogP contribution in [0.15, 0.2) is 192 Å². The van der Waals surface area contributed by atoms with Crippen LogP contribution in [0.3, 0.4) is 0 Å². The topological polar surface area (TPSA) is 573 Å². The van der Waals surface area contributed by atoms with Crippen molar-refractivity contribution in [1.29, 1.82) is 21.0 Å². The maximum absolute atomic E-state index is 10.7. The second kappa shape index (κ2) is 43.0. The van der Waals surface area contributed by atoms with Crippen LogP contribution < -0.4 is 28.7 Å². The van der Waals surface area contributed by atoms with Crippen LogP contribution in [-0.2, 0) is 12.8 Å². The van der Waals surface area contributed by atoms with Gasteiger partial charge >= 0.3 is 0 Å². The van der Waals surface area contributed by atoms with Gasteiger partial charge < -0.3 is 33.8 Å². The SMILES string of the molecule is N#C/C(C(N)=S)=C(/N)CC1=CC=C([N+](=O)[O-])CC1.Nc1ncnc2snc(CC3=CC=C([N+](=O)[O-])CC3)c12.[C-]#[N+]/C(C#N)=C(\Cl)CC1=CC=C([N+](=O)[O-])CC1.[C-]#[N+]/C(C#N)=C(\N)CC1=CC=C([N+](=O)[O-])CC1.[C-]#[N+]/C(C#N)=C(\O)CC1=CC=C([N+](=O)[O-])CC1.[C-]#[N+]c1c(CC2=CC=C([N+](=O)[O-])CC2)nsc1N. The molecule has 0 saturated heterocycles. The monoisotopic (exact) mass is 1530 g/mol. The molecule has 0 bridgehead atoms. The summed E-state index contributed by atoms with van der Waals surface area (Å²) in [5, 5.41) is 109. The molecule has 36 nitrogen and oxygen atoms in total. The van der Waals surface area contributed by atoms with Gasteiger partial charge in [0.15, 0.2) is 0 Å². The molecule has 0 aliphatic heterocycles. The Kier molecular flexibility index (Phi) is 34.3. The first-order valence-electron chi connectivity index (χ1n) is 30.9. The summed E-state index contributed by atoms with van der Waals surface area (Å²) in [6, 6.07) is 6.88. The predicted octanol–water partition coefficient (Wildman–Crippen LogP) is 13.6. The summed E-state index contributed by atoms with van der Waals surface area (Å²) in [7, 11) is 0. The van der Waals surface area contributed by atoms with E-state index in [0.29, 0.717) is 137 Å². The lowest BCUT2D eigenvalue weighted by atomic mass is 9.97. The van der Waals surface area contributed by atoms with Crippen molar-refractivity contribution in [2.75, 3.05) is 11.5 Å². The minimum absolute atomic E-state index is 0.0343. The number of allylic oxidation sites excluding steroid dienone is 28. The fourth-order valence-corrected chi connectivity index (χ4v) is 11.6. The molecule has 3 heterocycles. The molecule has 11 N–H and O–H groups in total. The smallest absolute Gasteiger partial charge is 0.298 e. The van der Waals surface area contributed by atoms with E-state index >= 15 is 0 Å². The molecule has 0 radical (unpaired) electrons. The van der Waals surface area contributed by atoms with Gasteiger partial charge in [0.1, 0.15) is 44.4 Å². The molecule has 6 aliphatic rings. The molecule has 0 aromatic carbocycles. The number of aliphatic hydroxyl groups is 1. The van der Waals surface area contributed by atoms with E-state index in [0.717, 1.165) is 60.9 Å². The van der Waals surface area contributed by atoms with Gasteiger partial charge in [-0.2, -0.15) is 9.64 Å². The van der Waals surface area contributed by atoms with Crippen molar-refractivity contribution in [3.8, 4) is 24.3 Å². The van der Waals surface area contributed by atoms with Crippen molar-refractivity contribution in [2.24, 2.45) is 17.2 Å². The molecule has 107 heavy (non-hydrogen) atoms. The number of nitriles is 4. The summed E-state index contributed by atoms with van der Waals surface area (Å²) >= 11 is 12.9. The summed E-state index contributed by atoms with van der Waals surface area (Å²) in [6.07, 6.45) is 28.0. The lowest BCUT2D eigenvalue weighted by Crippen LogP contribution is -2.16. The van der Waals surface area contributed by atoms with Crippen LogP contribution in [0.4, 0.5) is 16.5 Å². The first kappa shape index (κ1) is 85.4. The van der Waals surface area contributed by atoms with E-state index in [9.17, 15) is 65.8 Å². The largest absolute Gasteiger partial charge is 0.522 e. The number of thiocarbonyl (C=S) groups is 1. The number of rotatable bonds is 19. The standard InChI is InChI=1S/C12H11N5O2S.C11H8ClN3O2.C11H10N4O2S.C11H12N4O2S.C11H10N4O2.C11H9N3O3/c13-11-10-9(16-20-12(10)15-6-14-11)5-7-1-3-8(4-2-7)17(18)19;1-14-11(7-13)10(12)6-8-2-4-9(5-3-8)15(16)17;1-13-10-9(14-18-11(10)12)6-7-2-4-8(5-3-7)15(16)17;12-6-9(11(14)18)10(13)5-7-1-3-8(4-2-7)15(16)17;1-14-11(7-12)10(13)6-8-2-4-9(5-3-8)15(16)17;1-13-10(7-12)11(15)6-8-2-4-9(5-3-8)14(16)17/h1,3,6H,2,4-5H2,(H2,13,14,15);2,4H,3,5-6H2;2,4H,3,5-6,12H2;1,3H,2,4-5,13H2,(H2,14,18);2,4H,3,5-6,13H2;2,4,15H,3,5-6H2/b;11-10-;;10-9-;2*11-10-. The second-order valence-corrected chi connectivity index (χ2v) is 24.9. The van der Waals surface area contributed by atoms with Crippen LogP contribution in [0.2, 0.25) is 0 Å². The Morgan fingerprint density at radius 2 is 0.850 bits per heavy atom. The normalized spacial score (nSPS) is 15.5. The lowest BCUT2D eigenvalue weighted by Gasteiger charge is -2.11. The molecule has 6 aliphatic carbocycles. The van der Waals surface area contributed by atoms with Gasteiger partial charge in [-0.15, -0.1) is 11.6 Å². The lowest BCUT2D eigenvalue weighted by molar-refractivity contribution is -0.428. The third kappa shape index (κ3) is 27.0. The molecule has 0 spiro atoms. The molecule has 9 rings (SSSR count). The molecular weight excluding hydrogens is 1470 g/mol. The van der Waals surface area contributed by atoms with Crippen molar-refractivity contribution >= 4 is 78.6 Å². The Morgan fingerprint density at radius 1 is 0.495 bits per heavy atom. The summed E-state index contributed by atoms with van der Waals surface area (Å²) in [5.41, 5.74) is 36.9. The third-order valence-corrected chi connectivity index (χ3v) is 17.5. The van der Waals surface area contributed by atoms with E-state index in [-0.39, 0.29) is 94.6 Å². The molecule has 40 heteroatoms. The van der Waals surface area contributed by atoms with Crippen LogP contribution in [0.25, 0.3) is 29.6 Å². The first-order chi connectivity index (χ1) is 50.9. The number of hydrogen-bond acceptors (Lipinski definition) is 28. The Hall–Kier alpha value is -14.1. The highest BCUT2D eigenvalue weighted by molar-refractivity contribution is 7.80. The molecule has 0 unspecified atom stereocenters. The number of nitro groups is 6. The maximum Gasteiger partial charge on any atom is 0.298 e. The minimum atomic E-state index is -0.442. The molecule has 0 amide bonds. The highest BCUT2D eigenvalue weighted by Gasteiger charge is 2.24. The molecule has 0 fully saturated rings. The van der Waals surface area contributed by atoms with Crippen LogP contribution >= 0.6 is 46.9 Å². The fourth-order valence-electron chi connectivity index (χ4n) is 9.80. The fraction of sp³-hybridized carbons (Fsp3) is 0.269. The van der Waals surface area contributed by atoms with E-state index in [1.165, 1.54) is 48.2 Å². The van der Waals surface area contributed by atoms with Crippen molar-refractivity contribution in [1.82, 2.24) is 18.7 Å². The molecular formula is C67H60ClN23O13S3. The number of fused-ring (bicyclic) bond motifs is 1. The first-order valence-corrected chi connectivity index (χ1v) is 33.2. The van der Waals surface area contributed by atoms with E-state index in [4.69, 9.17) is 99.8 Å². The number of nitrogens with zero attached hydrogens (tertiary/aromatic N) is 18. The van der Waals surface area contributed by atoms with Gasteiger partial charge in [-0.25, -0.2) is 49.5 Å². The molecule has 3 aromatic heterocycles. The summed E-state index contributed by atoms with van der Waals surface area (Å²) in [4.78, 5) is 81.9. The highest BCUT2D eigenvalue weighted by atomic mass is 35.5. The summed E-state index contributed by atoms with van der Waals surface area (Å²) in [6.45, 7) is 27.2. The van der Waals surface area contributed by atoms with E-state index in [2.05, 4.69) is 38.1 Å². The predicted molar refractivity (Wildman–Crippen MR) is 397 cm³/mol. The molecule has 0 saturated carbocycles. The zero-order chi connectivity index (χ0) is 79.4. The number of aliphatic hydroxyl groups excluding tert-OH is 1. The zero-order valence-corrected chi connectivity index (χ0v) is 59.3. The highest BCUT2D eigenvalue weighted by Crippen LogP contribution is 2.35. The Labute approximate surface area is 627 Å². The van der Waals surface area contributed by atoms with Gasteiger partial charge in [0.25, 0.3) is 17.1 Å². The molecule has 0 atom stereocenters. The number of hydrogen-bond donors (Lipinski definition) is 6. The van der Waals surface area contributed by atoms with Crippen LogP contribution in [0.5, 0.6) is 0 Å². The van der Waals surface area contributed by atoms with Crippen LogP contribution in [0.1, 0.15) is 114 Å². The Balaban J connectivity index is 0.000000272. The van der Waals surface area contributed by atoms with Gasteiger partial charge in [0.2, 0.25) is 39.9 Å².